The van der Waals surface area contributed by atoms with Gasteiger partial charge in [-0.3, -0.25) is 4.90 Å². The van der Waals surface area contributed by atoms with Crippen LogP contribution in [0.3, 0.4) is 0 Å². The summed E-state index contributed by atoms with van der Waals surface area (Å²) in [5.41, 5.74) is 0. The van der Waals surface area contributed by atoms with Crippen LogP contribution in [0.1, 0.15) is 12.8 Å². The highest BCUT2D eigenvalue weighted by atomic mass is 35.5. The predicted octanol–water partition coefficient (Wildman–Crippen LogP) is -0.153. The number of nitrogens with one attached hydrogen (secondary N) is 1. The molecule has 2 rings (SSSR count). The molecule has 0 amide bonds. The summed E-state index contributed by atoms with van der Waals surface area (Å²) >= 11 is 1.26. The van der Waals surface area contributed by atoms with Crippen molar-refractivity contribution in [3.05, 3.63) is 0 Å². The van der Waals surface area contributed by atoms with Crippen LogP contribution in [0, 0.1) is 0 Å². The van der Waals surface area contributed by atoms with Crippen molar-refractivity contribution in [2.45, 2.75) is 24.0 Å². The Kier molecular flexibility index (Phi) is 5.15. The Hall–Kier alpha value is 0.480. The summed E-state index contributed by atoms with van der Waals surface area (Å²) in [6, 6.07) is 0.355. The van der Waals surface area contributed by atoms with Gasteiger partial charge in [0.05, 0.1) is 0 Å². The topological polar surface area (TPSA) is 55.7 Å². The zero-order chi connectivity index (χ0) is 10.0. The van der Waals surface area contributed by atoms with E-state index in [2.05, 4.69) is 10.2 Å². The smallest absolute Gasteiger partial charge is 0.214 e. The Morgan fingerprint density at radius 3 is 2.53 bits per heavy atom. The van der Waals surface area contributed by atoms with Gasteiger partial charge in [0.2, 0.25) is 5.12 Å². The van der Waals surface area contributed by atoms with Crippen molar-refractivity contribution >= 4 is 24.2 Å². The molecule has 0 aliphatic carbocycles. The summed E-state index contributed by atoms with van der Waals surface area (Å²) < 4.78 is 0. The van der Waals surface area contributed by atoms with Gasteiger partial charge < -0.3 is 15.5 Å². The molecule has 0 bridgehead atoms. The van der Waals surface area contributed by atoms with Crippen molar-refractivity contribution in [3.8, 4) is 0 Å². The first-order valence-corrected chi connectivity index (χ1v) is 6.19. The lowest BCUT2D eigenvalue weighted by Gasteiger charge is -2.40. The Morgan fingerprint density at radius 1 is 1.27 bits per heavy atom. The van der Waals surface area contributed by atoms with Gasteiger partial charge in [0.25, 0.3) is 0 Å². The second kappa shape index (κ2) is 5.70. The second-order valence-corrected chi connectivity index (χ2v) is 5.37. The van der Waals surface area contributed by atoms with Gasteiger partial charge in [-0.25, -0.2) is 0 Å². The van der Waals surface area contributed by atoms with Crippen molar-refractivity contribution in [2.75, 3.05) is 31.9 Å². The number of thioether (sulfide) groups is 1. The van der Waals surface area contributed by atoms with E-state index in [-0.39, 0.29) is 12.4 Å². The Morgan fingerprint density at radius 2 is 1.93 bits per heavy atom. The third kappa shape index (κ3) is 3.76. The lowest BCUT2D eigenvalue weighted by molar-refractivity contribution is -0.101. The minimum atomic E-state index is -1.49. The number of piperazine rings is 1. The first-order chi connectivity index (χ1) is 6.67. The molecule has 2 aliphatic heterocycles. The first kappa shape index (κ1) is 13.5. The highest BCUT2D eigenvalue weighted by molar-refractivity contribution is 8.00. The van der Waals surface area contributed by atoms with E-state index in [1.807, 2.05) is 0 Å². The van der Waals surface area contributed by atoms with E-state index in [9.17, 15) is 10.2 Å². The summed E-state index contributed by atoms with van der Waals surface area (Å²) in [6.07, 6.45) is 1.56. The SMILES string of the molecule is Cl.OC1(O)CC(N2CCNCC2)CCS1. The Bertz CT molecular complexity index is 201. The fourth-order valence-electron chi connectivity index (χ4n) is 2.19. The lowest BCUT2D eigenvalue weighted by atomic mass is 10.1. The van der Waals surface area contributed by atoms with Gasteiger partial charge in [-0.15, -0.1) is 12.4 Å². The van der Waals surface area contributed by atoms with Gasteiger partial charge in [0.15, 0.2) is 0 Å². The molecule has 15 heavy (non-hydrogen) atoms. The molecule has 0 aromatic carbocycles. The third-order valence-electron chi connectivity index (χ3n) is 2.95. The van der Waals surface area contributed by atoms with Gasteiger partial charge in [-0.2, -0.15) is 0 Å². The van der Waals surface area contributed by atoms with E-state index >= 15 is 0 Å². The van der Waals surface area contributed by atoms with E-state index in [4.69, 9.17) is 0 Å². The van der Waals surface area contributed by atoms with Crippen LogP contribution in [0.25, 0.3) is 0 Å². The summed E-state index contributed by atoms with van der Waals surface area (Å²) in [6.45, 7) is 4.11. The van der Waals surface area contributed by atoms with Crippen LogP contribution in [0.2, 0.25) is 0 Å². The largest absolute Gasteiger partial charge is 0.357 e. The number of halogens is 1. The van der Waals surface area contributed by atoms with Crippen LogP contribution >= 0.6 is 24.2 Å². The molecule has 0 spiro atoms. The molecular formula is C9H19ClN2O2S. The molecular weight excluding hydrogens is 236 g/mol. The zero-order valence-electron chi connectivity index (χ0n) is 8.69. The highest BCUT2D eigenvalue weighted by Gasteiger charge is 2.35. The van der Waals surface area contributed by atoms with E-state index < -0.39 is 5.12 Å². The number of aliphatic hydroxyl groups is 2. The molecule has 2 fully saturated rings. The van der Waals surface area contributed by atoms with Crippen LogP contribution in [-0.2, 0) is 0 Å². The lowest BCUT2D eigenvalue weighted by Crippen LogP contribution is -2.52. The summed E-state index contributed by atoms with van der Waals surface area (Å²) in [5, 5.41) is 20.9. The fourth-order valence-corrected chi connectivity index (χ4v) is 3.21. The Balaban J connectivity index is 0.00000112. The molecule has 1 atom stereocenters. The van der Waals surface area contributed by atoms with Gasteiger partial charge in [-0.1, -0.05) is 11.8 Å². The van der Waals surface area contributed by atoms with Gasteiger partial charge in [0.1, 0.15) is 0 Å². The van der Waals surface area contributed by atoms with E-state index in [0.29, 0.717) is 12.5 Å². The van der Waals surface area contributed by atoms with E-state index in [1.54, 1.807) is 0 Å². The maximum atomic E-state index is 9.55. The molecule has 6 heteroatoms. The molecule has 0 saturated carbocycles. The van der Waals surface area contributed by atoms with Crippen molar-refractivity contribution in [1.29, 1.82) is 0 Å². The molecule has 3 N–H and O–H groups in total. The molecule has 2 saturated heterocycles. The summed E-state index contributed by atoms with van der Waals surface area (Å²) in [5.74, 6) is 0.849. The fraction of sp³-hybridized carbons (Fsp3) is 1.00. The van der Waals surface area contributed by atoms with Crippen molar-refractivity contribution in [2.24, 2.45) is 0 Å². The number of hydrogen-bond donors (Lipinski definition) is 3. The van der Waals surface area contributed by atoms with Crippen molar-refractivity contribution < 1.29 is 10.2 Å². The molecule has 4 nitrogen and oxygen atoms in total. The highest BCUT2D eigenvalue weighted by Crippen LogP contribution is 2.33. The zero-order valence-corrected chi connectivity index (χ0v) is 10.3. The van der Waals surface area contributed by atoms with Crippen LogP contribution < -0.4 is 5.32 Å². The monoisotopic (exact) mass is 254 g/mol. The van der Waals surface area contributed by atoms with E-state index in [0.717, 1.165) is 38.4 Å². The maximum Gasteiger partial charge on any atom is 0.214 e. The van der Waals surface area contributed by atoms with Crippen LogP contribution in [0.4, 0.5) is 0 Å². The molecule has 0 aromatic heterocycles. The minimum absolute atomic E-state index is 0. The molecule has 90 valence electrons. The Labute approximate surface area is 101 Å². The standard InChI is InChI=1S/C9H18N2O2S.ClH/c12-9(13)7-8(1-6-14-9)11-4-2-10-3-5-11;/h8,10,12-13H,1-7H2;1H. The molecule has 0 radical (unpaired) electrons. The summed E-state index contributed by atoms with van der Waals surface area (Å²) in [4.78, 5) is 2.37. The van der Waals surface area contributed by atoms with Crippen LogP contribution in [-0.4, -0.2) is 58.2 Å². The summed E-state index contributed by atoms with van der Waals surface area (Å²) in [7, 11) is 0. The van der Waals surface area contributed by atoms with Crippen molar-refractivity contribution in [1.82, 2.24) is 10.2 Å². The van der Waals surface area contributed by atoms with Gasteiger partial charge in [0, 0.05) is 38.6 Å². The number of rotatable bonds is 1. The van der Waals surface area contributed by atoms with Gasteiger partial charge >= 0.3 is 0 Å². The second-order valence-electron chi connectivity index (χ2n) is 4.02. The van der Waals surface area contributed by atoms with Crippen LogP contribution in [0.15, 0.2) is 0 Å². The molecule has 0 aromatic rings. The maximum absolute atomic E-state index is 9.55. The average molecular weight is 255 g/mol. The first-order valence-electron chi connectivity index (χ1n) is 5.21. The third-order valence-corrected chi connectivity index (χ3v) is 4.02. The quantitative estimate of drug-likeness (QED) is 0.568. The molecule has 2 heterocycles. The van der Waals surface area contributed by atoms with Crippen molar-refractivity contribution in [3.63, 3.8) is 0 Å². The minimum Gasteiger partial charge on any atom is -0.357 e. The average Bonchev–Trinajstić information content (AvgIpc) is 2.18. The predicted molar refractivity (Wildman–Crippen MR) is 64.3 cm³/mol. The van der Waals surface area contributed by atoms with Crippen LogP contribution in [0.5, 0.6) is 0 Å². The number of hydrogen-bond acceptors (Lipinski definition) is 5. The van der Waals surface area contributed by atoms with E-state index in [1.165, 1.54) is 11.8 Å². The number of nitrogens with zero attached hydrogens (tertiary/aromatic N) is 1. The normalized spacial score (nSPS) is 32.0. The molecule has 1 unspecified atom stereocenters. The van der Waals surface area contributed by atoms with Gasteiger partial charge in [-0.05, 0) is 12.2 Å². The molecule has 2 aliphatic rings.